The first-order valence-electron chi connectivity index (χ1n) is 14.1. The number of amides is 1. The van der Waals surface area contributed by atoms with Crippen molar-refractivity contribution in [2.75, 3.05) is 35.4 Å². The Bertz CT molecular complexity index is 1350. The maximum absolute atomic E-state index is 15.7. The van der Waals surface area contributed by atoms with Crippen molar-refractivity contribution in [2.45, 2.75) is 72.3 Å². The summed E-state index contributed by atoms with van der Waals surface area (Å²) in [5.74, 6) is 1.31. The first kappa shape index (κ1) is 31.0. The van der Waals surface area contributed by atoms with Crippen LogP contribution in [-0.4, -0.2) is 56.9 Å². The van der Waals surface area contributed by atoms with Gasteiger partial charge in [0.15, 0.2) is 5.82 Å². The van der Waals surface area contributed by atoms with Crippen molar-refractivity contribution in [3.63, 3.8) is 0 Å². The third-order valence-corrected chi connectivity index (χ3v) is 8.87. The van der Waals surface area contributed by atoms with Crippen LogP contribution in [0.25, 0.3) is 21.8 Å². The molecule has 1 aliphatic rings. The fraction of sp³-hybridized carbons (Fsp3) is 0.533. The van der Waals surface area contributed by atoms with Gasteiger partial charge in [-0.15, -0.1) is 11.3 Å². The number of halogens is 1. The molecule has 1 amide bonds. The molecule has 1 unspecified atom stereocenters. The Morgan fingerprint density at radius 3 is 2.68 bits per heavy atom. The van der Waals surface area contributed by atoms with Gasteiger partial charge in [0, 0.05) is 42.6 Å². The number of nitrogens with zero attached hydrogens (tertiary/aromatic N) is 4. The van der Waals surface area contributed by atoms with E-state index in [4.69, 9.17) is 14.7 Å². The molecular weight excluding hydrogens is 560 g/mol. The van der Waals surface area contributed by atoms with Crippen molar-refractivity contribution in [2.24, 2.45) is 5.92 Å². The molecule has 2 N–H and O–H groups in total. The number of carbonyl (C=O) groups excluding carboxylic acids is 1. The minimum atomic E-state index is -0.515. The topological polar surface area (TPSA) is 92.3 Å². The van der Waals surface area contributed by atoms with E-state index in [1.807, 2.05) is 32.9 Å². The van der Waals surface area contributed by atoms with Gasteiger partial charge in [-0.1, -0.05) is 45.7 Å². The van der Waals surface area contributed by atoms with Crippen LogP contribution in [-0.2, 0) is 10.2 Å². The Labute approximate surface area is 251 Å². The maximum Gasteiger partial charge on any atom is 0.410 e. The predicted molar refractivity (Wildman–Crippen MR) is 168 cm³/mol. The van der Waals surface area contributed by atoms with Crippen LogP contribution in [0.4, 0.5) is 20.8 Å². The zero-order valence-electron chi connectivity index (χ0n) is 25.0. The molecule has 41 heavy (non-hydrogen) atoms. The van der Waals surface area contributed by atoms with Gasteiger partial charge < -0.3 is 19.7 Å². The molecule has 0 bridgehead atoms. The number of anilines is 2. The molecule has 2 aromatic heterocycles. The molecule has 1 aliphatic heterocycles. The van der Waals surface area contributed by atoms with Gasteiger partial charge in [-0.25, -0.2) is 24.1 Å². The molecular formula is C30H41FN6O2S2. The van der Waals surface area contributed by atoms with Crippen molar-refractivity contribution >= 4 is 41.0 Å². The third kappa shape index (κ3) is 8.09. The van der Waals surface area contributed by atoms with Crippen molar-refractivity contribution < 1.29 is 13.9 Å². The number of hydrogen-bond acceptors (Lipinski definition) is 9. The molecule has 11 heteroatoms. The highest BCUT2D eigenvalue weighted by Crippen LogP contribution is 2.42. The fourth-order valence-corrected chi connectivity index (χ4v) is 6.05. The molecule has 0 spiro atoms. The lowest BCUT2D eigenvalue weighted by atomic mass is 9.98. The summed E-state index contributed by atoms with van der Waals surface area (Å²) in [6.07, 6.45) is 3.31. The molecule has 222 valence electrons. The van der Waals surface area contributed by atoms with Gasteiger partial charge >= 0.3 is 6.09 Å². The highest BCUT2D eigenvalue weighted by molar-refractivity contribution is 8.00. The van der Waals surface area contributed by atoms with Gasteiger partial charge in [0.1, 0.15) is 5.60 Å². The number of carbonyl (C=O) groups is 1. The second-order valence-corrected chi connectivity index (χ2v) is 14.2. The van der Waals surface area contributed by atoms with E-state index in [1.165, 1.54) is 23.3 Å². The van der Waals surface area contributed by atoms with Crippen molar-refractivity contribution in [1.29, 1.82) is 0 Å². The zero-order valence-corrected chi connectivity index (χ0v) is 26.6. The van der Waals surface area contributed by atoms with E-state index < -0.39 is 5.60 Å². The van der Waals surface area contributed by atoms with Crippen LogP contribution in [0.5, 0.6) is 0 Å². The summed E-state index contributed by atoms with van der Waals surface area (Å²) in [5, 5.41) is 4.25. The van der Waals surface area contributed by atoms with Crippen LogP contribution in [0, 0.1) is 11.7 Å². The second kappa shape index (κ2) is 12.9. The van der Waals surface area contributed by atoms with E-state index >= 15 is 4.39 Å². The Morgan fingerprint density at radius 2 is 1.98 bits per heavy atom. The number of rotatable bonds is 9. The van der Waals surface area contributed by atoms with E-state index in [-0.39, 0.29) is 23.2 Å². The minimum Gasteiger partial charge on any atom is -0.444 e. The van der Waals surface area contributed by atoms with E-state index in [0.29, 0.717) is 48.2 Å². The van der Waals surface area contributed by atoms with E-state index in [2.05, 4.69) is 42.7 Å². The summed E-state index contributed by atoms with van der Waals surface area (Å²) in [4.78, 5) is 29.2. The van der Waals surface area contributed by atoms with Crippen molar-refractivity contribution in [3.05, 3.63) is 41.3 Å². The molecule has 0 radical (unpaired) electrons. The number of aromatic nitrogens is 3. The van der Waals surface area contributed by atoms with E-state index in [9.17, 15) is 4.79 Å². The number of thiazole rings is 1. The highest BCUT2D eigenvalue weighted by Gasteiger charge is 2.30. The lowest BCUT2D eigenvalue weighted by Gasteiger charge is -2.24. The van der Waals surface area contributed by atoms with Gasteiger partial charge in [0.05, 0.1) is 27.0 Å². The second-order valence-electron chi connectivity index (χ2n) is 12.3. The first-order valence-corrected chi connectivity index (χ1v) is 15.9. The third-order valence-electron chi connectivity index (χ3n) is 6.39. The van der Waals surface area contributed by atoms with Crippen LogP contribution in [0.1, 0.15) is 66.3 Å². The Morgan fingerprint density at radius 1 is 1.20 bits per heavy atom. The number of ether oxygens (including phenoxy) is 1. The van der Waals surface area contributed by atoms with Crippen molar-refractivity contribution in [1.82, 2.24) is 19.9 Å². The Hall–Kier alpha value is -2.92. The summed E-state index contributed by atoms with van der Waals surface area (Å²) >= 11 is 3.02. The molecule has 1 aromatic carbocycles. The minimum absolute atomic E-state index is 0.211. The van der Waals surface area contributed by atoms with Gasteiger partial charge in [-0.3, -0.25) is 0 Å². The zero-order chi connectivity index (χ0) is 29.8. The normalized spacial score (nSPS) is 15.7. The average molecular weight is 601 g/mol. The molecule has 1 fully saturated rings. The summed E-state index contributed by atoms with van der Waals surface area (Å²) in [7, 11) is 0. The molecule has 0 aliphatic carbocycles. The molecule has 3 aromatic rings. The van der Waals surface area contributed by atoms with Crippen LogP contribution in [0.3, 0.4) is 0 Å². The van der Waals surface area contributed by atoms with Gasteiger partial charge in [-0.2, -0.15) is 0 Å². The number of likely N-dealkylation sites (tertiary alicyclic amines) is 1. The SMILES string of the molecule is CCCSNc1cccc(-c2nc(C(C)(C)C)sc2-c2ccnc(NCC3CCN(C(=O)OC(C)(C)C)C3)n2)c1F. The summed E-state index contributed by atoms with van der Waals surface area (Å²) in [5.41, 5.74) is 1.42. The number of benzene rings is 1. The average Bonchev–Trinajstić information content (AvgIpc) is 3.56. The quantitative estimate of drug-likeness (QED) is 0.190. The van der Waals surface area contributed by atoms with Crippen molar-refractivity contribution in [3.8, 4) is 21.8 Å². The molecule has 1 saturated heterocycles. The summed E-state index contributed by atoms with van der Waals surface area (Å²) < 4.78 is 24.4. The maximum atomic E-state index is 15.7. The standard InChI is InChI=1S/C30H41FN6O2S2/c1-8-16-40-36-21-11-9-10-20(23(21)31)24-25(41-26(35-24)29(2,3)4)22-12-14-32-27(34-22)33-17-19-13-15-37(18-19)28(38)39-30(5,6)7/h9-12,14,19,36H,8,13,15-18H2,1-7H3,(H,32,33,34). The van der Waals surface area contributed by atoms with Crippen LogP contribution in [0.2, 0.25) is 0 Å². The molecule has 3 heterocycles. The highest BCUT2D eigenvalue weighted by atomic mass is 32.2. The largest absolute Gasteiger partial charge is 0.444 e. The van der Waals surface area contributed by atoms with Crippen LogP contribution >= 0.6 is 23.3 Å². The molecule has 4 rings (SSSR count). The molecule has 8 nitrogen and oxygen atoms in total. The Balaban J connectivity index is 1.55. The van der Waals surface area contributed by atoms with E-state index in [0.717, 1.165) is 28.5 Å². The van der Waals surface area contributed by atoms with Crippen LogP contribution in [0.15, 0.2) is 30.5 Å². The lowest BCUT2D eigenvalue weighted by molar-refractivity contribution is 0.0289. The first-order chi connectivity index (χ1) is 19.4. The summed E-state index contributed by atoms with van der Waals surface area (Å²) in [6.45, 7) is 15.9. The lowest BCUT2D eigenvalue weighted by Crippen LogP contribution is -2.35. The Kier molecular flexibility index (Phi) is 9.79. The predicted octanol–water partition coefficient (Wildman–Crippen LogP) is 7.84. The molecule has 1 atom stereocenters. The fourth-order valence-electron chi connectivity index (χ4n) is 4.32. The monoisotopic (exact) mass is 600 g/mol. The van der Waals surface area contributed by atoms with Gasteiger partial charge in [0.25, 0.3) is 0 Å². The number of hydrogen-bond donors (Lipinski definition) is 2. The number of nitrogens with one attached hydrogen (secondary N) is 2. The molecule has 0 saturated carbocycles. The van der Waals surface area contributed by atoms with Crippen LogP contribution < -0.4 is 10.0 Å². The summed E-state index contributed by atoms with van der Waals surface area (Å²) in [6, 6.07) is 7.21. The van der Waals surface area contributed by atoms with Gasteiger partial charge in [0.2, 0.25) is 5.95 Å². The van der Waals surface area contributed by atoms with Gasteiger partial charge in [-0.05, 0) is 57.7 Å². The smallest absolute Gasteiger partial charge is 0.410 e. The van der Waals surface area contributed by atoms with E-state index in [1.54, 1.807) is 23.2 Å².